The van der Waals surface area contributed by atoms with Gasteiger partial charge in [-0.05, 0) is 48.5 Å². The van der Waals surface area contributed by atoms with Crippen LogP contribution < -0.4 is 10.9 Å². The van der Waals surface area contributed by atoms with Crippen LogP contribution in [0.3, 0.4) is 0 Å². The van der Waals surface area contributed by atoms with E-state index in [0.29, 0.717) is 16.9 Å². The lowest BCUT2D eigenvalue weighted by Crippen LogP contribution is -2.25. The van der Waals surface area contributed by atoms with Crippen molar-refractivity contribution in [3.05, 3.63) is 32.7 Å². The standard InChI is InChI=1S/C13H18BrN3O/c1-9(2)5-6-15-11-7-16-17(8-10-3-4-10)13(18)12(11)14/h5,7,10,15H,3-4,6,8H2,1-2H3. The second kappa shape index (κ2) is 5.69. The summed E-state index contributed by atoms with van der Waals surface area (Å²) in [6.07, 6.45) is 6.22. The van der Waals surface area contributed by atoms with Crippen LogP contribution in [0, 0.1) is 5.92 Å². The highest BCUT2D eigenvalue weighted by Gasteiger charge is 2.23. The van der Waals surface area contributed by atoms with Crippen LogP contribution in [0.2, 0.25) is 0 Å². The van der Waals surface area contributed by atoms with Gasteiger partial charge >= 0.3 is 0 Å². The van der Waals surface area contributed by atoms with Gasteiger partial charge < -0.3 is 5.32 Å². The molecule has 0 atom stereocenters. The summed E-state index contributed by atoms with van der Waals surface area (Å²) in [4.78, 5) is 12.0. The molecule has 1 N–H and O–H groups in total. The first-order chi connectivity index (χ1) is 8.58. The van der Waals surface area contributed by atoms with Crippen molar-refractivity contribution < 1.29 is 0 Å². The fourth-order valence-electron chi connectivity index (χ4n) is 1.63. The number of hydrogen-bond acceptors (Lipinski definition) is 3. The fraction of sp³-hybridized carbons (Fsp3) is 0.538. The van der Waals surface area contributed by atoms with Crippen molar-refractivity contribution in [2.45, 2.75) is 33.2 Å². The Balaban J connectivity index is 2.10. The summed E-state index contributed by atoms with van der Waals surface area (Å²) in [5.41, 5.74) is 1.95. The Morgan fingerprint density at radius 2 is 2.33 bits per heavy atom. The van der Waals surface area contributed by atoms with E-state index in [2.05, 4.69) is 32.4 Å². The van der Waals surface area contributed by atoms with Crippen molar-refractivity contribution in [3.63, 3.8) is 0 Å². The first kappa shape index (κ1) is 13.3. The molecule has 0 unspecified atom stereocenters. The van der Waals surface area contributed by atoms with E-state index in [-0.39, 0.29) is 5.56 Å². The van der Waals surface area contributed by atoms with E-state index in [1.54, 1.807) is 10.9 Å². The molecule has 5 heteroatoms. The van der Waals surface area contributed by atoms with Crippen LogP contribution in [0.25, 0.3) is 0 Å². The van der Waals surface area contributed by atoms with Crippen LogP contribution in [-0.4, -0.2) is 16.3 Å². The Labute approximate surface area is 115 Å². The first-order valence-corrected chi connectivity index (χ1v) is 7.00. The molecule has 1 fully saturated rings. The summed E-state index contributed by atoms with van der Waals surface area (Å²) in [6.45, 7) is 5.53. The molecule has 1 heterocycles. The van der Waals surface area contributed by atoms with Crippen LogP contribution in [0.15, 0.2) is 27.1 Å². The van der Waals surface area contributed by atoms with E-state index in [4.69, 9.17) is 0 Å². The normalized spacial score (nSPS) is 14.4. The minimum atomic E-state index is -0.0518. The van der Waals surface area contributed by atoms with Crippen molar-refractivity contribution in [3.8, 4) is 0 Å². The number of rotatable bonds is 5. The van der Waals surface area contributed by atoms with Gasteiger partial charge in [0, 0.05) is 13.1 Å². The second-order valence-corrected chi connectivity index (χ2v) is 5.76. The number of anilines is 1. The van der Waals surface area contributed by atoms with Crippen molar-refractivity contribution in [1.29, 1.82) is 0 Å². The molecule has 1 aromatic rings. The third-order valence-electron chi connectivity index (χ3n) is 2.92. The maximum atomic E-state index is 12.0. The van der Waals surface area contributed by atoms with Gasteiger partial charge in [0.1, 0.15) is 4.47 Å². The predicted molar refractivity (Wildman–Crippen MR) is 76.8 cm³/mol. The molecule has 0 aliphatic heterocycles. The monoisotopic (exact) mass is 311 g/mol. The lowest BCUT2D eigenvalue weighted by atomic mass is 10.3. The number of allylic oxidation sites excluding steroid dienone is 1. The molecule has 1 saturated carbocycles. The third kappa shape index (κ3) is 3.45. The Kier molecular flexibility index (Phi) is 4.22. The van der Waals surface area contributed by atoms with Crippen molar-refractivity contribution >= 4 is 21.6 Å². The van der Waals surface area contributed by atoms with Crippen LogP contribution in [0.5, 0.6) is 0 Å². The highest BCUT2D eigenvalue weighted by atomic mass is 79.9. The topological polar surface area (TPSA) is 46.9 Å². The summed E-state index contributed by atoms with van der Waals surface area (Å²) in [5, 5.41) is 7.39. The minimum absolute atomic E-state index is 0.0518. The maximum Gasteiger partial charge on any atom is 0.283 e. The minimum Gasteiger partial charge on any atom is -0.379 e. The zero-order valence-corrected chi connectivity index (χ0v) is 12.3. The average Bonchev–Trinajstić information content (AvgIpc) is 3.11. The summed E-state index contributed by atoms with van der Waals surface area (Å²) < 4.78 is 2.12. The zero-order chi connectivity index (χ0) is 13.1. The molecule has 0 saturated heterocycles. The molecular formula is C13H18BrN3O. The van der Waals surface area contributed by atoms with E-state index < -0.39 is 0 Å². The highest BCUT2D eigenvalue weighted by molar-refractivity contribution is 9.10. The number of aromatic nitrogens is 2. The number of nitrogens with zero attached hydrogens (tertiary/aromatic N) is 2. The lowest BCUT2D eigenvalue weighted by Gasteiger charge is -2.09. The van der Waals surface area contributed by atoms with E-state index in [1.165, 1.54) is 18.4 Å². The van der Waals surface area contributed by atoms with Crippen LogP contribution >= 0.6 is 15.9 Å². The molecule has 18 heavy (non-hydrogen) atoms. The average molecular weight is 312 g/mol. The molecule has 1 aliphatic carbocycles. The Morgan fingerprint density at radius 1 is 1.61 bits per heavy atom. The van der Waals surface area contributed by atoms with E-state index in [1.807, 2.05) is 13.8 Å². The van der Waals surface area contributed by atoms with Gasteiger partial charge in [-0.3, -0.25) is 4.79 Å². The van der Waals surface area contributed by atoms with Crippen molar-refractivity contribution in [1.82, 2.24) is 9.78 Å². The Bertz CT molecular complexity index is 513. The largest absolute Gasteiger partial charge is 0.379 e. The second-order valence-electron chi connectivity index (χ2n) is 4.97. The molecule has 0 amide bonds. The Morgan fingerprint density at radius 3 is 2.94 bits per heavy atom. The number of halogens is 1. The quantitative estimate of drug-likeness (QED) is 0.851. The van der Waals surface area contributed by atoms with Gasteiger partial charge in [0.05, 0.1) is 11.9 Å². The fourth-order valence-corrected chi connectivity index (χ4v) is 2.08. The van der Waals surface area contributed by atoms with Crippen LogP contribution in [-0.2, 0) is 6.54 Å². The molecule has 0 bridgehead atoms. The molecule has 98 valence electrons. The maximum absolute atomic E-state index is 12.0. The highest BCUT2D eigenvalue weighted by Crippen LogP contribution is 2.30. The van der Waals surface area contributed by atoms with Gasteiger partial charge in [-0.1, -0.05) is 11.6 Å². The number of nitrogens with one attached hydrogen (secondary N) is 1. The molecular weight excluding hydrogens is 294 g/mol. The summed E-state index contributed by atoms with van der Waals surface area (Å²) in [5.74, 6) is 0.645. The first-order valence-electron chi connectivity index (χ1n) is 6.21. The van der Waals surface area contributed by atoms with E-state index in [9.17, 15) is 4.79 Å². The van der Waals surface area contributed by atoms with E-state index >= 15 is 0 Å². The van der Waals surface area contributed by atoms with E-state index in [0.717, 1.165) is 12.2 Å². The summed E-state index contributed by atoms with van der Waals surface area (Å²) in [7, 11) is 0. The Hall–Kier alpha value is -1.10. The van der Waals surface area contributed by atoms with Gasteiger partial charge in [-0.2, -0.15) is 5.10 Å². The smallest absolute Gasteiger partial charge is 0.283 e. The third-order valence-corrected chi connectivity index (χ3v) is 3.68. The van der Waals surface area contributed by atoms with Gasteiger partial charge in [0.2, 0.25) is 0 Å². The molecule has 1 aromatic heterocycles. The van der Waals surface area contributed by atoms with Crippen LogP contribution in [0.1, 0.15) is 26.7 Å². The predicted octanol–water partition coefficient (Wildman–Crippen LogP) is 2.79. The molecule has 4 nitrogen and oxygen atoms in total. The molecule has 0 spiro atoms. The lowest BCUT2D eigenvalue weighted by molar-refractivity contribution is 0.532. The molecule has 0 radical (unpaired) electrons. The summed E-state index contributed by atoms with van der Waals surface area (Å²) in [6, 6.07) is 0. The van der Waals surface area contributed by atoms with Gasteiger partial charge in [0.15, 0.2) is 0 Å². The van der Waals surface area contributed by atoms with Crippen molar-refractivity contribution in [2.24, 2.45) is 5.92 Å². The number of hydrogen-bond donors (Lipinski definition) is 1. The van der Waals surface area contributed by atoms with Gasteiger partial charge in [0.25, 0.3) is 5.56 Å². The molecule has 1 aliphatic rings. The van der Waals surface area contributed by atoms with Gasteiger partial charge in [-0.25, -0.2) is 4.68 Å². The zero-order valence-electron chi connectivity index (χ0n) is 10.7. The SMILES string of the molecule is CC(C)=CCNc1cnn(CC2CC2)c(=O)c1Br. The summed E-state index contributed by atoms with van der Waals surface area (Å²) >= 11 is 3.35. The van der Waals surface area contributed by atoms with Crippen LogP contribution in [0.4, 0.5) is 5.69 Å². The molecule has 0 aromatic carbocycles. The van der Waals surface area contributed by atoms with Gasteiger partial charge in [-0.15, -0.1) is 0 Å². The molecule has 2 rings (SSSR count). The van der Waals surface area contributed by atoms with Crippen molar-refractivity contribution in [2.75, 3.05) is 11.9 Å².